The van der Waals surface area contributed by atoms with Crippen LogP contribution < -0.4 is 10.1 Å². The molecule has 2 heterocycles. The predicted octanol–water partition coefficient (Wildman–Crippen LogP) is 6.33. The van der Waals surface area contributed by atoms with Gasteiger partial charge >= 0.3 is 0 Å². The van der Waals surface area contributed by atoms with E-state index in [2.05, 4.69) is 48.6 Å². The number of carbonyl (C=O) groups is 1. The highest BCUT2D eigenvalue weighted by Crippen LogP contribution is 2.46. The zero-order valence-electron chi connectivity index (χ0n) is 19.7. The van der Waals surface area contributed by atoms with Gasteiger partial charge in [-0.05, 0) is 61.2 Å². The highest BCUT2D eigenvalue weighted by molar-refractivity contribution is 8.01. The fourth-order valence-corrected chi connectivity index (χ4v) is 5.72. The van der Waals surface area contributed by atoms with E-state index in [0.29, 0.717) is 0 Å². The third kappa shape index (κ3) is 3.99. The van der Waals surface area contributed by atoms with E-state index in [-0.39, 0.29) is 16.4 Å². The maximum absolute atomic E-state index is 12.9. The molecule has 2 atom stereocenters. The Morgan fingerprint density at radius 1 is 0.971 bits per heavy atom. The molecule has 1 N–H and O–H groups in total. The molecule has 172 valence electrons. The van der Waals surface area contributed by atoms with Gasteiger partial charge in [-0.25, -0.2) is 4.68 Å². The second kappa shape index (κ2) is 9.03. The highest BCUT2D eigenvalue weighted by Gasteiger charge is 2.34. The monoisotopic (exact) mass is 469 g/mol. The van der Waals surface area contributed by atoms with Crippen LogP contribution in [0.25, 0.3) is 16.8 Å². The summed E-state index contributed by atoms with van der Waals surface area (Å²) in [5.74, 6) is 1.59. The Morgan fingerprint density at radius 3 is 2.47 bits per heavy atom. The number of benzene rings is 3. The van der Waals surface area contributed by atoms with E-state index in [0.717, 1.165) is 50.8 Å². The summed E-state index contributed by atoms with van der Waals surface area (Å²) in [5, 5.41) is 7.82. The molecule has 0 radical (unpaired) electrons. The Balaban J connectivity index is 1.59. The normalized spacial score (nSPS) is 17.6. The van der Waals surface area contributed by atoms with Gasteiger partial charge in [-0.3, -0.25) is 4.79 Å². The molecule has 1 amide bonds. The van der Waals surface area contributed by atoms with Crippen molar-refractivity contribution in [3.8, 4) is 22.6 Å². The standard InChI is InChI=1S/C28H27N3O2S/c1-17-8-5-6-11-24(17)31-27-25(18(2)30-31)26(34-19(3)28(32)29-27)21-14-12-20(13-15-21)22-9-7-10-23(16-22)33-4/h5-16,19,26H,1-4H3,(H,29,32)/t19-,26+/m0/s1. The smallest absolute Gasteiger partial charge is 0.238 e. The molecule has 6 heteroatoms. The molecule has 0 fully saturated rings. The number of aryl methyl sites for hydroxylation is 2. The van der Waals surface area contributed by atoms with Gasteiger partial charge < -0.3 is 10.1 Å². The topological polar surface area (TPSA) is 56.1 Å². The number of fused-ring (bicyclic) bond motifs is 1. The van der Waals surface area contributed by atoms with Crippen LogP contribution in [0.1, 0.15) is 34.6 Å². The number of carbonyl (C=O) groups excluding carboxylic acids is 1. The van der Waals surface area contributed by atoms with Crippen LogP contribution in [0.2, 0.25) is 0 Å². The fourth-order valence-electron chi connectivity index (χ4n) is 4.40. The minimum atomic E-state index is -0.194. The first kappa shape index (κ1) is 22.3. The molecule has 0 saturated carbocycles. The number of para-hydroxylation sites is 1. The van der Waals surface area contributed by atoms with Crippen LogP contribution in [0.4, 0.5) is 5.82 Å². The maximum Gasteiger partial charge on any atom is 0.238 e. The van der Waals surface area contributed by atoms with Crippen molar-refractivity contribution in [2.45, 2.75) is 31.3 Å². The Morgan fingerprint density at radius 2 is 1.74 bits per heavy atom. The van der Waals surface area contributed by atoms with Crippen LogP contribution in [0, 0.1) is 13.8 Å². The van der Waals surface area contributed by atoms with E-state index >= 15 is 0 Å². The first-order valence-electron chi connectivity index (χ1n) is 11.3. The maximum atomic E-state index is 12.9. The van der Waals surface area contributed by atoms with Crippen molar-refractivity contribution >= 4 is 23.5 Å². The summed E-state index contributed by atoms with van der Waals surface area (Å²) in [4.78, 5) is 12.9. The molecular formula is C28H27N3O2S. The molecule has 1 aromatic heterocycles. The lowest BCUT2D eigenvalue weighted by atomic mass is 9.99. The van der Waals surface area contributed by atoms with Gasteiger partial charge in [-0.15, -0.1) is 11.8 Å². The average Bonchev–Trinajstić information content (AvgIpc) is 3.10. The van der Waals surface area contributed by atoms with Crippen molar-refractivity contribution < 1.29 is 9.53 Å². The highest BCUT2D eigenvalue weighted by atomic mass is 32.2. The molecule has 1 aliphatic heterocycles. The molecule has 0 bridgehead atoms. The van der Waals surface area contributed by atoms with Crippen molar-refractivity contribution in [3.05, 3.63) is 95.2 Å². The number of thioether (sulfide) groups is 1. The van der Waals surface area contributed by atoms with E-state index in [4.69, 9.17) is 9.84 Å². The second-order valence-corrected chi connectivity index (χ2v) is 10.00. The Hall–Kier alpha value is -3.51. The number of ether oxygens (including phenoxy) is 1. The average molecular weight is 470 g/mol. The van der Waals surface area contributed by atoms with Crippen molar-refractivity contribution in [1.82, 2.24) is 9.78 Å². The zero-order chi connectivity index (χ0) is 23.8. The van der Waals surface area contributed by atoms with Crippen LogP contribution in [0.5, 0.6) is 5.75 Å². The van der Waals surface area contributed by atoms with Crippen LogP contribution in [0.15, 0.2) is 72.8 Å². The van der Waals surface area contributed by atoms with Crippen LogP contribution in [-0.2, 0) is 4.79 Å². The van der Waals surface area contributed by atoms with Gasteiger partial charge in [0.2, 0.25) is 5.91 Å². The van der Waals surface area contributed by atoms with Crippen molar-refractivity contribution in [2.75, 3.05) is 12.4 Å². The lowest BCUT2D eigenvalue weighted by molar-refractivity contribution is -0.115. The number of hydrogen-bond donors (Lipinski definition) is 1. The van der Waals surface area contributed by atoms with Gasteiger partial charge in [-0.1, -0.05) is 54.6 Å². The SMILES string of the molecule is COc1cccc(-c2ccc([C@H]3S[C@@H](C)C(=O)Nc4c3c(C)nn4-c3ccccc3C)cc2)c1. The number of anilines is 1. The van der Waals surface area contributed by atoms with Gasteiger partial charge in [0, 0.05) is 5.56 Å². The minimum absolute atomic E-state index is 0.00325. The summed E-state index contributed by atoms with van der Waals surface area (Å²) in [5.41, 5.74) is 7.42. The lowest BCUT2D eigenvalue weighted by Gasteiger charge is -2.18. The molecular weight excluding hydrogens is 442 g/mol. The van der Waals surface area contributed by atoms with Crippen molar-refractivity contribution in [3.63, 3.8) is 0 Å². The number of aromatic nitrogens is 2. The molecule has 0 unspecified atom stereocenters. The zero-order valence-corrected chi connectivity index (χ0v) is 20.5. The first-order valence-corrected chi connectivity index (χ1v) is 12.3. The summed E-state index contributed by atoms with van der Waals surface area (Å²) in [6.07, 6.45) is 0. The molecule has 4 aromatic rings. The van der Waals surface area contributed by atoms with Crippen LogP contribution in [-0.4, -0.2) is 28.0 Å². The Kier molecular flexibility index (Phi) is 5.92. The van der Waals surface area contributed by atoms with Crippen molar-refractivity contribution in [2.24, 2.45) is 0 Å². The number of nitrogens with one attached hydrogen (secondary N) is 1. The second-order valence-electron chi connectivity index (χ2n) is 8.55. The van der Waals surface area contributed by atoms with E-state index in [9.17, 15) is 4.79 Å². The van der Waals surface area contributed by atoms with E-state index in [1.54, 1.807) is 18.9 Å². The third-order valence-corrected chi connectivity index (χ3v) is 7.68. The van der Waals surface area contributed by atoms with E-state index in [1.807, 2.05) is 54.9 Å². The van der Waals surface area contributed by atoms with E-state index in [1.165, 1.54) is 0 Å². The molecule has 34 heavy (non-hydrogen) atoms. The van der Waals surface area contributed by atoms with Crippen LogP contribution >= 0.6 is 11.8 Å². The third-order valence-electron chi connectivity index (χ3n) is 6.28. The molecule has 0 spiro atoms. The summed E-state index contributed by atoms with van der Waals surface area (Å²) in [6, 6.07) is 24.7. The summed E-state index contributed by atoms with van der Waals surface area (Å²) in [6.45, 7) is 6.04. The van der Waals surface area contributed by atoms with Gasteiger partial charge in [0.25, 0.3) is 0 Å². The summed E-state index contributed by atoms with van der Waals surface area (Å²) >= 11 is 1.66. The molecule has 0 aliphatic carbocycles. The minimum Gasteiger partial charge on any atom is -0.497 e. The Labute approximate surface area is 204 Å². The predicted molar refractivity (Wildman–Crippen MR) is 139 cm³/mol. The number of rotatable bonds is 4. The molecule has 3 aromatic carbocycles. The summed E-state index contributed by atoms with van der Waals surface area (Å²) < 4.78 is 7.26. The fraction of sp³-hybridized carbons (Fsp3) is 0.214. The van der Waals surface area contributed by atoms with E-state index < -0.39 is 0 Å². The van der Waals surface area contributed by atoms with Gasteiger partial charge in [0.05, 0.1) is 29.0 Å². The number of hydrogen-bond acceptors (Lipinski definition) is 4. The molecule has 5 rings (SSSR count). The van der Waals surface area contributed by atoms with Crippen LogP contribution in [0.3, 0.4) is 0 Å². The molecule has 1 aliphatic rings. The van der Waals surface area contributed by atoms with Gasteiger partial charge in [-0.2, -0.15) is 5.10 Å². The first-order chi connectivity index (χ1) is 16.5. The van der Waals surface area contributed by atoms with Gasteiger partial charge in [0.15, 0.2) is 0 Å². The number of amides is 1. The largest absolute Gasteiger partial charge is 0.497 e. The quantitative estimate of drug-likeness (QED) is 0.380. The number of methoxy groups -OCH3 is 1. The van der Waals surface area contributed by atoms with Gasteiger partial charge in [0.1, 0.15) is 11.6 Å². The van der Waals surface area contributed by atoms with Crippen molar-refractivity contribution in [1.29, 1.82) is 0 Å². The lowest BCUT2D eigenvalue weighted by Crippen LogP contribution is -2.22. The summed E-state index contributed by atoms with van der Waals surface area (Å²) in [7, 11) is 1.68. The Bertz CT molecular complexity index is 1360. The number of nitrogens with zero attached hydrogens (tertiary/aromatic N) is 2. The molecule has 5 nitrogen and oxygen atoms in total. The molecule has 0 saturated heterocycles.